The van der Waals surface area contributed by atoms with Crippen molar-refractivity contribution in [2.75, 3.05) is 32.8 Å². The van der Waals surface area contributed by atoms with Crippen molar-refractivity contribution >= 4 is 11.7 Å². The summed E-state index contributed by atoms with van der Waals surface area (Å²) >= 11 is 0. The second-order valence-corrected chi connectivity index (χ2v) is 6.41. The summed E-state index contributed by atoms with van der Waals surface area (Å²) in [5.41, 5.74) is 0.408. The third-order valence-electron chi connectivity index (χ3n) is 4.60. The number of ether oxygens (including phenoxy) is 1. The van der Waals surface area contributed by atoms with Crippen LogP contribution in [0.25, 0.3) is 0 Å². The zero-order valence-electron chi connectivity index (χ0n) is 15.0. The van der Waals surface area contributed by atoms with Crippen LogP contribution in [0.5, 0.6) is 0 Å². The van der Waals surface area contributed by atoms with Crippen molar-refractivity contribution < 1.29 is 23.1 Å². The summed E-state index contributed by atoms with van der Waals surface area (Å²) in [5, 5.41) is 2.89. The molecule has 0 radical (unpaired) electrons. The van der Waals surface area contributed by atoms with Gasteiger partial charge in [-0.1, -0.05) is 0 Å². The first-order valence-corrected chi connectivity index (χ1v) is 9.04. The molecule has 27 heavy (non-hydrogen) atoms. The van der Waals surface area contributed by atoms with E-state index in [2.05, 4.69) is 10.2 Å². The number of hydrogen-bond acceptors (Lipinski definition) is 5. The first kappa shape index (κ1) is 19.3. The van der Waals surface area contributed by atoms with Crippen LogP contribution in [0.2, 0.25) is 0 Å². The van der Waals surface area contributed by atoms with Crippen molar-refractivity contribution in [3.63, 3.8) is 0 Å². The summed E-state index contributed by atoms with van der Waals surface area (Å²) in [4.78, 5) is 26.5. The van der Waals surface area contributed by atoms with E-state index in [4.69, 9.17) is 9.15 Å². The number of furan rings is 1. The molecule has 0 aliphatic carbocycles. The first-order valence-electron chi connectivity index (χ1n) is 9.04. The molecule has 6 nitrogen and oxygen atoms in total. The molecule has 1 saturated heterocycles. The lowest BCUT2D eigenvalue weighted by Gasteiger charge is -2.33. The number of carbonyl (C=O) groups is 2. The van der Waals surface area contributed by atoms with E-state index in [9.17, 15) is 14.0 Å². The average Bonchev–Trinajstić information content (AvgIpc) is 3.22. The Balaban J connectivity index is 1.50. The third kappa shape index (κ3) is 5.48. The van der Waals surface area contributed by atoms with Crippen molar-refractivity contribution in [2.45, 2.75) is 18.9 Å². The number of morpholine rings is 1. The van der Waals surface area contributed by atoms with Crippen LogP contribution < -0.4 is 5.32 Å². The van der Waals surface area contributed by atoms with Crippen LogP contribution >= 0.6 is 0 Å². The maximum Gasteiger partial charge on any atom is 0.220 e. The number of rotatable bonds is 8. The smallest absolute Gasteiger partial charge is 0.220 e. The fourth-order valence-corrected chi connectivity index (χ4v) is 3.09. The number of Topliss-reactive ketones (excluding diaryl/α,β-unsaturated/α-hetero) is 1. The summed E-state index contributed by atoms with van der Waals surface area (Å²) in [6.07, 6.45) is 1.79. The van der Waals surface area contributed by atoms with Crippen molar-refractivity contribution in [2.24, 2.45) is 0 Å². The highest BCUT2D eigenvalue weighted by Gasteiger charge is 2.25. The highest BCUT2D eigenvalue weighted by Crippen LogP contribution is 2.21. The number of amides is 1. The molecule has 1 aliphatic heterocycles. The quantitative estimate of drug-likeness (QED) is 0.719. The van der Waals surface area contributed by atoms with Crippen LogP contribution in [0.4, 0.5) is 4.39 Å². The van der Waals surface area contributed by atoms with E-state index in [-0.39, 0.29) is 30.6 Å². The molecule has 1 aromatic heterocycles. The average molecular weight is 374 g/mol. The van der Waals surface area contributed by atoms with E-state index < -0.39 is 5.82 Å². The maximum absolute atomic E-state index is 12.9. The molecule has 1 N–H and O–H groups in total. The number of ketones is 1. The van der Waals surface area contributed by atoms with Gasteiger partial charge in [-0.2, -0.15) is 0 Å². The van der Waals surface area contributed by atoms with Gasteiger partial charge in [-0.25, -0.2) is 4.39 Å². The molecule has 1 amide bonds. The van der Waals surface area contributed by atoms with Gasteiger partial charge in [0.15, 0.2) is 5.78 Å². The standard InChI is InChI=1S/C20H23FN2O4/c21-16-5-3-15(4-6-16)18(24)7-8-20(25)22-14-17(19-2-1-11-27-19)23-9-12-26-13-10-23/h1-6,11,17H,7-10,12-14H2,(H,22,25). The van der Waals surface area contributed by atoms with E-state index >= 15 is 0 Å². The van der Waals surface area contributed by atoms with Gasteiger partial charge in [-0.05, 0) is 36.4 Å². The lowest BCUT2D eigenvalue weighted by atomic mass is 10.1. The molecule has 0 bridgehead atoms. The highest BCUT2D eigenvalue weighted by molar-refractivity contribution is 5.97. The summed E-state index contributed by atoms with van der Waals surface area (Å²) in [5.74, 6) is 0.0205. The molecular weight excluding hydrogens is 351 g/mol. The van der Waals surface area contributed by atoms with Crippen LogP contribution in [-0.2, 0) is 9.53 Å². The molecule has 1 atom stereocenters. The minimum absolute atomic E-state index is 0.0688. The third-order valence-corrected chi connectivity index (χ3v) is 4.60. The van der Waals surface area contributed by atoms with E-state index in [0.29, 0.717) is 25.3 Å². The molecule has 1 aromatic carbocycles. The Bertz CT molecular complexity index is 740. The first-order chi connectivity index (χ1) is 13.1. The number of benzene rings is 1. The Kier molecular flexibility index (Phi) is 6.73. The fraction of sp³-hybridized carbons (Fsp3) is 0.400. The molecule has 3 rings (SSSR count). The molecule has 0 spiro atoms. The Morgan fingerprint density at radius 3 is 2.52 bits per heavy atom. The van der Waals surface area contributed by atoms with Gasteiger partial charge >= 0.3 is 0 Å². The number of nitrogens with zero attached hydrogens (tertiary/aromatic N) is 1. The van der Waals surface area contributed by atoms with Crippen molar-refractivity contribution in [1.29, 1.82) is 0 Å². The van der Waals surface area contributed by atoms with E-state index in [1.54, 1.807) is 6.26 Å². The second kappa shape index (κ2) is 9.43. The van der Waals surface area contributed by atoms with E-state index in [0.717, 1.165) is 18.8 Å². The summed E-state index contributed by atoms with van der Waals surface area (Å²) in [7, 11) is 0. The number of carbonyl (C=O) groups excluding carboxylic acids is 2. The van der Waals surface area contributed by atoms with Gasteiger partial charge in [0.25, 0.3) is 0 Å². The Hall–Kier alpha value is -2.51. The topological polar surface area (TPSA) is 71.8 Å². The normalized spacial score (nSPS) is 16.0. The van der Waals surface area contributed by atoms with Crippen molar-refractivity contribution in [3.8, 4) is 0 Å². The molecule has 7 heteroatoms. The van der Waals surface area contributed by atoms with Gasteiger partial charge in [-0.15, -0.1) is 0 Å². The molecule has 2 aromatic rings. The van der Waals surface area contributed by atoms with Crippen LogP contribution in [0, 0.1) is 5.82 Å². The summed E-state index contributed by atoms with van der Waals surface area (Å²) in [6, 6.07) is 8.99. The molecule has 1 fully saturated rings. The van der Waals surface area contributed by atoms with Crippen LogP contribution in [0.1, 0.15) is 35.0 Å². The second-order valence-electron chi connectivity index (χ2n) is 6.41. The van der Waals surface area contributed by atoms with Gasteiger partial charge in [-0.3, -0.25) is 14.5 Å². The number of hydrogen-bond donors (Lipinski definition) is 1. The lowest BCUT2D eigenvalue weighted by molar-refractivity contribution is -0.121. The maximum atomic E-state index is 12.9. The van der Waals surface area contributed by atoms with Crippen LogP contribution in [0.3, 0.4) is 0 Å². The molecule has 1 aliphatic rings. The van der Waals surface area contributed by atoms with Crippen molar-refractivity contribution in [3.05, 3.63) is 59.8 Å². The zero-order chi connectivity index (χ0) is 19.1. The summed E-state index contributed by atoms with van der Waals surface area (Å²) < 4.78 is 23.8. The Morgan fingerprint density at radius 1 is 1.11 bits per heavy atom. The minimum atomic E-state index is -0.392. The van der Waals surface area contributed by atoms with Crippen LogP contribution in [0.15, 0.2) is 47.1 Å². The molecule has 1 unspecified atom stereocenters. The molecule has 144 valence electrons. The molecule has 0 saturated carbocycles. The molecular formula is C20H23FN2O4. The zero-order valence-corrected chi connectivity index (χ0v) is 15.0. The van der Waals surface area contributed by atoms with Crippen molar-refractivity contribution in [1.82, 2.24) is 10.2 Å². The molecule has 2 heterocycles. The Morgan fingerprint density at radius 2 is 1.85 bits per heavy atom. The van der Waals surface area contributed by atoms with E-state index in [1.807, 2.05) is 12.1 Å². The summed E-state index contributed by atoms with van der Waals surface area (Å²) in [6.45, 7) is 3.24. The van der Waals surface area contributed by atoms with Gasteiger partial charge in [0.1, 0.15) is 11.6 Å². The number of halogens is 1. The van der Waals surface area contributed by atoms with Gasteiger partial charge in [0.2, 0.25) is 5.91 Å². The largest absolute Gasteiger partial charge is 0.468 e. The predicted octanol–water partition coefficient (Wildman–Crippen LogP) is 2.57. The lowest BCUT2D eigenvalue weighted by Crippen LogP contribution is -2.43. The van der Waals surface area contributed by atoms with Gasteiger partial charge in [0.05, 0.1) is 25.5 Å². The number of nitrogens with one attached hydrogen (secondary N) is 1. The van der Waals surface area contributed by atoms with Crippen LogP contribution in [-0.4, -0.2) is 49.4 Å². The Labute approximate surface area is 157 Å². The monoisotopic (exact) mass is 374 g/mol. The van der Waals surface area contributed by atoms with E-state index in [1.165, 1.54) is 24.3 Å². The van der Waals surface area contributed by atoms with Gasteiger partial charge < -0.3 is 14.5 Å². The predicted molar refractivity (Wildman–Crippen MR) is 96.8 cm³/mol. The SMILES string of the molecule is O=C(CCC(=O)c1ccc(F)cc1)NCC(c1ccco1)N1CCOCC1. The highest BCUT2D eigenvalue weighted by atomic mass is 19.1. The fourth-order valence-electron chi connectivity index (χ4n) is 3.09. The minimum Gasteiger partial charge on any atom is -0.468 e. The van der Waals surface area contributed by atoms with Gasteiger partial charge in [0, 0.05) is 38.0 Å².